The highest BCUT2D eigenvalue weighted by Gasteiger charge is 2.20. The van der Waals surface area contributed by atoms with Crippen LogP contribution in [0.2, 0.25) is 0 Å². The molecule has 4 heteroatoms. The number of rotatable bonds is 6. The Balaban J connectivity index is 2.12. The molecule has 0 aliphatic heterocycles. The Kier molecular flexibility index (Phi) is 5.59. The van der Waals surface area contributed by atoms with E-state index < -0.39 is 12.2 Å². The fourth-order valence-corrected chi connectivity index (χ4v) is 2.24. The summed E-state index contributed by atoms with van der Waals surface area (Å²) in [4.78, 5) is 0. The van der Waals surface area contributed by atoms with E-state index in [-0.39, 0.29) is 0 Å². The van der Waals surface area contributed by atoms with Gasteiger partial charge in [-0.05, 0) is 11.6 Å². The van der Waals surface area contributed by atoms with E-state index in [0.29, 0.717) is 23.2 Å². The van der Waals surface area contributed by atoms with Crippen molar-refractivity contribution in [2.75, 3.05) is 5.33 Å². The van der Waals surface area contributed by atoms with Crippen LogP contribution in [0.5, 0.6) is 5.75 Å². The zero-order valence-corrected chi connectivity index (χ0v) is 12.5. The lowest BCUT2D eigenvalue weighted by atomic mass is 10.0. The van der Waals surface area contributed by atoms with Gasteiger partial charge in [0, 0.05) is 10.9 Å². The summed E-state index contributed by atoms with van der Waals surface area (Å²) in [7, 11) is 0. The molecular formula is C16H17BrO3. The molecule has 20 heavy (non-hydrogen) atoms. The largest absolute Gasteiger partial charge is 0.489 e. The van der Waals surface area contributed by atoms with Gasteiger partial charge in [-0.2, -0.15) is 0 Å². The highest BCUT2D eigenvalue weighted by Crippen LogP contribution is 2.28. The molecule has 2 aromatic rings. The van der Waals surface area contributed by atoms with E-state index in [4.69, 9.17) is 4.74 Å². The molecule has 3 nitrogen and oxygen atoms in total. The Morgan fingerprint density at radius 3 is 2.30 bits per heavy atom. The lowest BCUT2D eigenvalue weighted by molar-refractivity contribution is 0.0322. The summed E-state index contributed by atoms with van der Waals surface area (Å²) in [5, 5.41) is 20.2. The van der Waals surface area contributed by atoms with Gasteiger partial charge in [0.15, 0.2) is 0 Å². The Hall–Kier alpha value is -1.36. The molecule has 2 rings (SSSR count). The van der Waals surface area contributed by atoms with Crippen molar-refractivity contribution in [2.24, 2.45) is 0 Å². The Bertz CT molecular complexity index is 530. The standard InChI is InChI=1S/C16H17BrO3/c17-10-14(18)16(19)13-8-4-5-9-15(13)20-11-12-6-2-1-3-7-12/h1-9,14,16,18-19H,10-11H2. The molecule has 0 aromatic heterocycles. The molecule has 2 aromatic carbocycles. The van der Waals surface area contributed by atoms with Gasteiger partial charge in [-0.1, -0.05) is 64.5 Å². The summed E-state index contributed by atoms with van der Waals surface area (Å²) >= 11 is 3.16. The Morgan fingerprint density at radius 2 is 1.60 bits per heavy atom. The minimum atomic E-state index is -0.971. The van der Waals surface area contributed by atoms with Crippen LogP contribution in [0.1, 0.15) is 17.2 Å². The van der Waals surface area contributed by atoms with E-state index >= 15 is 0 Å². The number of benzene rings is 2. The first-order valence-corrected chi connectivity index (χ1v) is 7.52. The molecule has 0 radical (unpaired) electrons. The topological polar surface area (TPSA) is 49.7 Å². The maximum atomic E-state index is 10.1. The molecule has 2 atom stereocenters. The number of halogens is 1. The van der Waals surface area contributed by atoms with E-state index in [2.05, 4.69) is 15.9 Å². The zero-order valence-electron chi connectivity index (χ0n) is 10.9. The monoisotopic (exact) mass is 336 g/mol. The number of alkyl halides is 1. The third kappa shape index (κ3) is 3.82. The normalized spacial score (nSPS) is 13.8. The quantitative estimate of drug-likeness (QED) is 0.797. The molecule has 0 heterocycles. The summed E-state index contributed by atoms with van der Waals surface area (Å²) in [6.45, 7) is 0.426. The minimum Gasteiger partial charge on any atom is -0.489 e. The molecule has 0 saturated carbocycles. The summed E-state index contributed by atoms with van der Waals surface area (Å²) < 4.78 is 5.75. The van der Waals surface area contributed by atoms with Gasteiger partial charge in [0.1, 0.15) is 18.5 Å². The van der Waals surface area contributed by atoms with Gasteiger partial charge in [-0.3, -0.25) is 0 Å². The second-order valence-corrected chi connectivity index (χ2v) is 5.13. The van der Waals surface area contributed by atoms with Crippen LogP contribution in [0.15, 0.2) is 54.6 Å². The fraction of sp³-hybridized carbons (Fsp3) is 0.250. The van der Waals surface area contributed by atoms with Crippen LogP contribution in [0.4, 0.5) is 0 Å². The van der Waals surface area contributed by atoms with Crippen LogP contribution < -0.4 is 4.74 Å². The van der Waals surface area contributed by atoms with Gasteiger partial charge in [0.25, 0.3) is 0 Å². The average Bonchev–Trinajstić information content (AvgIpc) is 2.52. The van der Waals surface area contributed by atoms with E-state index in [0.717, 1.165) is 5.56 Å². The smallest absolute Gasteiger partial charge is 0.125 e. The lowest BCUT2D eigenvalue weighted by Gasteiger charge is -2.19. The molecule has 0 amide bonds. The van der Waals surface area contributed by atoms with Crippen molar-refractivity contribution in [3.63, 3.8) is 0 Å². The molecule has 0 bridgehead atoms. The van der Waals surface area contributed by atoms with Gasteiger partial charge in [0.2, 0.25) is 0 Å². The van der Waals surface area contributed by atoms with E-state index in [1.54, 1.807) is 12.1 Å². The van der Waals surface area contributed by atoms with E-state index in [1.807, 2.05) is 42.5 Å². The average molecular weight is 337 g/mol. The van der Waals surface area contributed by atoms with Gasteiger partial charge in [-0.15, -0.1) is 0 Å². The number of aliphatic hydroxyl groups excluding tert-OH is 2. The molecule has 0 fully saturated rings. The first-order chi connectivity index (χ1) is 9.72. The number of aliphatic hydroxyl groups is 2. The number of ether oxygens (including phenoxy) is 1. The fourth-order valence-electron chi connectivity index (χ4n) is 1.88. The van der Waals surface area contributed by atoms with Crippen molar-refractivity contribution < 1.29 is 14.9 Å². The van der Waals surface area contributed by atoms with Crippen molar-refractivity contribution in [2.45, 2.75) is 18.8 Å². The SMILES string of the molecule is OC(CBr)C(O)c1ccccc1OCc1ccccc1. The molecular weight excluding hydrogens is 320 g/mol. The van der Waals surface area contributed by atoms with Crippen LogP contribution in [-0.2, 0) is 6.61 Å². The van der Waals surface area contributed by atoms with Crippen molar-refractivity contribution >= 4 is 15.9 Å². The van der Waals surface area contributed by atoms with Crippen LogP contribution >= 0.6 is 15.9 Å². The van der Waals surface area contributed by atoms with Gasteiger partial charge in [0.05, 0.1) is 6.10 Å². The van der Waals surface area contributed by atoms with Crippen molar-refractivity contribution in [1.82, 2.24) is 0 Å². The first kappa shape index (κ1) is 15.0. The summed E-state index contributed by atoms with van der Waals surface area (Å²) in [6, 6.07) is 17.0. The molecule has 0 spiro atoms. The summed E-state index contributed by atoms with van der Waals surface area (Å²) in [6.07, 6.45) is -1.84. The molecule has 2 N–H and O–H groups in total. The molecule has 0 saturated heterocycles. The zero-order chi connectivity index (χ0) is 14.4. The molecule has 0 aliphatic rings. The Labute approximate surface area is 127 Å². The highest BCUT2D eigenvalue weighted by molar-refractivity contribution is 9.09. The molecule has 106 valence electrons. The first-order valence-electron chi connectivity index (χ1n) is 6.40. The summed E-state index contributed by atoms with van der Waals surface area (Å²) in [5.41, 5.74) is 1.65. The molecule has 0 aliphatic carbocycles. The summed E-state index contributed by atoms with van der Waals surface area (Å²) in [5.74, 6) is 0.587. The minimum absolute atomic E-state index is 0.307. The van der Waals surface area contributed by atoms with E-state index in [1.165, 1.54) is 0 Å². The number of hydrogen-bond donors (Lipinski definition) is 2. The highest BCUT2D eigenvalue weighted by atomic mass is 79.9. The maximum absolute atomic E-state index is 10.1. The van der Waals surface area contributed by atoms with Gasteiger partial charge < -0.3 is 14.9 Å². The van der Waals surface area contributed by atoms with Crippen LogP contribution in [0, 0.1) is 0 Å². The van der Waals surface area contributed by atoms with Gasteiger partial charge >= 0.3 is 0 Å². The predicted octanol–water partition coefficient (Wildman–Crippen LogP) is 3.05. The van der Waals surface area contributed by atoms with Crippen molar-refractivity contribution in [3.05, 3.63) is 65.7 Å². The maximum Gasteiger partial charge on any atom is 0.125 e. The van der Waals surface area contributed by atoms with Crippen molar-refractivity contribution in [1.29, 1.82) is 0 Å². The van der Waals surface area contributed by atoms with Crippen LogP contribution in [0.3, 0.4) is 0 Å². The Morgan fingerprint density at radius 1 is 0.950 bits per heavy atom. The number of para-hydroxylation sites is 1. The predicted molar refractivity (Wildman–Crippen MR) is 82.0 cm³/mol. The van der Waals surface area contributed by atoms with Crippen molar-refractivity contribution in [3.8, 4) is 5.75 Å². The van der Waals surface area contributed by atoms with E-state index in [9.17, 15) is 10.2 Å². The lowest BCUT2D eigenvalue weighted by Crippen LogP contribution is -2.20. The number of hydrogen-bond acceptors (Lipinski definition) is 3. The van der Waals surface area contributed by atoms with Crippen LogP contribution in [0.25, 0.3) is 0 Å². The van der Waals surface area contributed by atoms with Gasteiger partial charge in [-0.25, -0.2) is 0 Å². The third-order valence-electron chi connectivity index (χ3n) is 3.00. The van der Waals surface area contributed by atoms with Crippen LogP contribution in [-0.4, -0.2) is 21.6 Å². The third-order valence-corrected chi connectivity index (χ3v) is 3.66. The molecule has 2 unspecified atom stereocenters. The second-order valence-electron chi connectivity index (χ2n) is 4.48. The second kappa shape index (κ2) is 7.43.